The van der Waals surface area contributed by atoms with Crippen LogP contribution in [0.25, 0.3) is 0 Å². The van der Waals surface area contributed by atoms with E-state index in [-0.39, 0.29) is 25.9 Å². The highest BCUT2D eigenvalue weighted by atomic mass is 19.4. The maximum absolute atomic E-state index is 13.4. The minimum absolute atomic E-state index is 0.0395. The van der Waals surface area contributed by atoms with Gasteiger partial charge >= 0.3 is 36.1 Å². The van der Waals surface area contributed by atoms with E-state index < -0.39 is 49.2 Å². The molecule has 0 aromatic heterocycles. The number of rotatable bonds is 27. The van der Waals surface area contributed by atoms with Crippen LogP contribution >= 0.6 is 0 Å². The maximum atomic E-state index is 13.4. The summed E-state index contributed by atoms with van der Waals surface area (Å²) in [6.07, 6.45) is 14.0. The molecule has 0 spiro atoms. The van der Waals surface area contributed by atoms with Crippen LogP contribution in [0, 0.1) is 0 Å². The Labute approximate surface area is 239 Å². The molecule has 0 saturated carbocycles. The van der Waals surface area contributed by atoms with Gasteiger partial charge in [-0.25, -0.2) is 8.78 Å². The maximum Gasteiger partial charge on any atom is 0.381 e. The highest BCUT2D eigenvalue weighted by Gasteiger charge is 2.75. The van der Waals surface area contributed by atoms with E-state index in [1.54, 1.807) is 0 Å². The predicted octanol–water partition coefficient (Wildman–Crippen LogP) is 10.1. The standard InChI is InChI=1S/C29H48F8O4/c1-2-3-4-5-6-7-8-9-10-11-12-13-14-15-16-19-22-40-24(38)20-17-18-21-25(39)41-23-27(32,33)29(36,37)28(34,35)26(30)31/h26H,2-23H2,1H3. The van der Waals surface area contributed by atoms with Gasteiger partial charge in [0.25, 0.3) is 0 Å². The van der Waals surface area contributed by atoms with E-state index in [4.69, 9.17) is 4.74 Å². The Bertz CT molecular complexity index is 690. The fourth-order valence-corrected chi connectivity index (χ4v) is 4.16. The Hall–Kier alpha value is -1.62. The van der Waals surface area contributed by atoms with Crippen LogP contribution in [0.5, 0.6) is 0 Å². The third-order valence-corrected chi connectivity index (χ3v) is 6.84. The van der Waals surface area contributed by atoms with Crippen molar-refractivity contribution in [1.82, 2.24) is 0 Å². The van der Waals surface area contributed by atoms with Crippen molar-refractivity contribution in [3.63, 3.8) is 0 Å². The van der Waals surface area contributed by atoms with Crippen LogP contribution in [-0.4, -0.2) is 49.3 Å². The number of ether oxygens (including phenoxy) is 2. The lowest BCUT2D eigenvalue weighted by Gasteiger charge is -2.31. The van der Waals surface area contributed by atoms with Crippen LogP contribution in [0.4, 0.5) is 35.1 Å². The Morgan fingerprint density at radius 3 is 1.32 bits per heavy atom. The summed E-state index contributed by atoms with van der Waals surface area (Å²) >= 11 is 0. The molecule has 0 unspecified atom stereocenters. The van der Waals surface area contributed by atoms with E-state index in [2.05, 4.69) is 11.7 Å². The zero-order valence-corrected chi connectivity index (χ0v) is 24.3. The number of alkyl halides is 8. The number of hydrogen-bond donors (Lipinski definition) is 0. The van der Waals surface area contributed by atoms with Crippen molar-refractivity contribution in [3.05, 3.63) is 0 Å². The van der Waals surface area contributed by atoms with Crippen molar-refractivity contribution in [2.24, 2.45) is 0 Å². The van der Waals surface area contributed by atoms with Gasteiger partial charge in [0.05, 0.1) is 6.61 Å². The summed E-state index contributed by atoms with van der Waals surface area (Å²) in [5.74, 6) is -20.4. The van der Waals surface area contributed by atoms with E-state index >= 15 is 0 Å². The molecule has 0 aliphatic rings. The molecule has 4 nitrogen and oxygen atoms in total. The summed E-state index contributed by atoms with van der Waals surface area (Å²) in [5.41, 5.74) is 0. The molecule has 0 bridgehead atoms. The summed E-state index contributed by atoms with van der Waals surface area (Å²) in [6.45, 7) is 0.000119. The molecular weight excluding hydrogens is 564 g/mol. The number of esters is 2. The van der Waals surface area contributed by atoms with Gasteiger partial charge in [-0.3, -0.25) is 9.59 Å². The SMILES string of the molecule is CCCCCCCCCCCCCCCCCCOC(=O)CCCCC(=O)OCC(F)(F)C(F)(F)C(F)(F)C(F)F. The highest BCUT2D eigenvalue weighted by molar-refractivity contribution is 5.70. The molecule has 0 amide bonds. The van der Waals surface area contributed by atoms with Crippen LogP contribution in [0.15, 0.2) is 0 Å². The van der Waals surface area contributed by atoms with Crippen LogP contribution in [0.1, 0.15) is 135 Å². The average molecular weight is 613 g/mol. The number of hydrogen-bond acceptors (Lipinski definition) is 4. The molecule has 41 heavy (non-hydrogen) atoms. The van der Waals surface area contributed by atoms with Gasteiger partial charge in [0.1, 0.15) is 0 Å². The Kier molecular flexibility index (Phi) is 21.1. The average Bonchev–Trinajstić information content (AvgIpc) is 2.91. The summed E-state index contributed by atoms with van der Waals surface area (Å²) in [7, 11) is 0. The van der Waals surface area contributed by atoms with Crippen molar-refractivity contribution in [3.8, 4) is 0 Å². The molecule has 0 N–H and O–H groups in total. The third-order valence-electron chi connectivity index (χ3n) is 6.84. The molecule has 244 valence electrons. The van der Waals surface area contributed by atoms with Gasteiger partial charge < -0.3 is 9.47 Å². The topological polar surface area (TPSA) is 52.6 Å². The molecule has 0 atom stereocenters. The first kappa shape index (κ1) is 39.4. The van der Waals surface area contributed by atoms with Crippen molar-refractivity contribution in [2.75, 3.05) is 13.2 Å². The molecular formula is C29H48F8O4. The molecule has 0 rings (SSSR count). The van der Waals surface area contributed by atoms with E-state index in [0.717, 1.165) is 25.7 Å². The van der Waals surface area contributed by atoms with Crippen LogP contribution < -0.4 is 0 Å². The zero-order chi connectivity index (χ0) is 31.2. The van der Waals surface area contributed by atoms with Gasteiger partial charge in [-0.05, 0) is 19.3 Å². The van der Waals surface area contributed by atoms with Crippen molar-refractivity contribution < 1.29 is 54.2 Å². The van der Waals surface area contributed by atoms with Gasteiger partial charge in [-0.15, -0.1) is 0 Å². The second-order valence-corrected chi connectivity index (χ2v) is 10.6. The second kappa shape index (κ2) is 22.0. The smallest absolute Gasteiger partial charge is 0.381 e. The molecule has 0 radical (unpaired) electrons. The summed E-state index contributed by atoms with van der Waals surface area (Å²) < 4.78 is 112. The van der Waals surface area contributed by atoms with Gasteiger partial charge in [0, 0.05) is 12.8 Å². The zero-order valence-electron chi connectivity index (χ0n) is 24.3. The Morgan fingerprint density at radius 2 is 0.927 bits per heavy atom. The first-order chi connectivity index (χ1) is 19.3. The summed E-state index contributed by atoms with van der Waals surface area (Å²) in [5, 5.41) is 0. The largest absolute Gasteiger partial charge is 0.466 e. The van der Waals surface area contributed by atoms with Gasteiger partial charge in [0.2, 0.25) is 0 Å². The quantitative estimate of drug-likeness (QED) is 0.0526. The fraction of sp³-hybridized carbons (Fsp3) is 0.931. The summed E-state index contributed by atoms with van der Waals surface area (Å²) in [6, 6.07) is 0. The number of halogens is 8. The van der Waals surface area contributed by atoms with Gasteiger partial charge in [-0.2, -0.15) is 26.3 Å². The van der Waals surface area contributed by atoms with E-state index in [1.807, 2.05) is 0 Å². The predicted molar refractivity (Wildman–Crippen MR) is 141 cm³/mol. The minimum atomic E-state index is -6.43. The molecule has 0 aliphatic carbocycles. The van der Waals surface area contributed by atoms with Crippen molar-refractivity contribution in [2.45, 2.75) is 160 Å². The first-order valence-electron chi connectivity index (χ1n) is 15.0. The molecule has 0 fully saturated rings. The number of carbonyl (C=O) groups excluding carboxylic acids is 2. The van der Waals surface area contributed by atoms with Crippen molar-refractivity contribution in [1.29, 1.82) is 0 Å². The summed E-state index contributed by atoms with van der Waals surface area (Å²) in [4.78, 5) is 23.1. The molecule has 0 aliphatic heterocycles. The molecule has 0 saturated heterocycles. The van der Waals surface area contributed by atoms with Gasteiger partial charge in [-0.1, -0.05) is 103 Å². The lowest BCUT2D eigenvalue weighted by molar-refractivity contribution is -0.344. The lowest BCUT2D eigenvalue weighted by atomic mass is 10.0. The van der Waals surface area contributed by atoms with Crippen LogP contribution in [0.2, 0.25) is 0 Å². The number of unbranched alkanes of at least 4 members (excludes halogenated alkanes) is 16. The van der Waals surface area contributed by atoms with E-state index in [1.165, 1.54) is 77.0 Å². The monoisotopic (exact) mass is 612 g/mol. The second-order valence-electron chi connectivity index (χ2n) is 10.6. The van der Waals surface area contributed by atoms with E-state index in [9.17, 15) is 44.7 Å². The van der Waals surface area contributed by atoms with E-state index in [0.29, 0.717) is 0 Å². The first-order valence-corrected chi connectivity index (χ1v) is 15.0. The third kappa shape index (κ3) is 17.2. The van der Waals surface area contributed by atoms with Crippen molar-refractivity contribution >= 4 is 11.9 Å². The number of carbonyl (C=O) groups is 2. The molecule has 0 aromatic carbocycles. The molecule has 0 aromatic rings. The van der Waals surface area contributed by atoms with Crippen LogP contribution in [0.3, 0.4) is 0 Å². The lowest BCUT2D eigenvalue weighted by Crippen LogP contribution is -2.59. The molecule has 0 heterocycles. The Balaban J connectivity index is 3.68. The van der Waals surface area contributed by atoms with Crippen LogP contribution in [-0.2, 0) is 19.1 Å². The molecule has 12 heteroatoms. The Morgan fingerprint density at radius 1 is 0.561 bits per heavy atom. The normalized spacial score (nSPS) is 12.6. The highest BCUT2D eigenvalue weighted by Crippen LogP contribution is 2.48. The minimum Gasteiger partial charge on any atom is -0.466 e. The van der Waals surface area contributed by atoms with Gasteiger partial charge in [0.15, 0.2) is 6.61 Å². The fourth-order valence-electron chi connectivity index (χ4n) is 4.16.